The summed E-state index contributed by atoms with van der Waals surface area (Å²) in [6.07, 6.45) is -2.95. The molecule has 3 saturated heterocycles. The third kappa shape index (κ3) is 2.22. The highest BCUT2D eigenvalue weighted by Gasteiger charge is 2.58. The third-order valence-electron chi connectivity index (χ3n) is 5.45. The fraction of sp³-hybridized carbons (Fsp3) is 0.600. The smallest absolute Gasteiger partial charge is 0.316 e. The van der Waals surface area contributed by atoms with E-state index in [2.05, 4.69) is 5.32 Å². The molecule has 3 heterocycles. The van der Waals surface area contributed by atoms with Crippen molar-refractivity contribution in [3.63, 3.8) is 0 Å². The van der Waals surface area contributed by atoms with Crippen LogP contribution in [0.25, 0.3) is 0 Å². The lowest BCUT2D eigenvalue weighted by molar-refractivity contribution is -0.137. The standard InChI is InChI=1S/C15H17F3N2O2S/c16-15(17,18)9-2-1-3-10(6-9)23(21,22)20-13-4-5-14(20)12-8-19-7-11(12)13/h1-3,6,11-14,19H,4-5,7-8H2/t11-,12+,13-,14+. The Kier molecular flexibility index (Phi) is 3.31. The van der Waals surface area contributed by atoms with E-state index in [1.165, 1.54) is 10.4 Å². The molecular formula is C15H17F3N2O2S. The Morgan fingerprint density at radius 1 is 1.09 bits per heavy atom. The largest absolute Gasteiger partial charge is 0.416 e. The van der Waals surface area contributed by atoms with Crippen LogP contribution >= 0.6 is 0 Å². The van der Waals surface area contributed by atoms with Crippen molar-refractivity contribution in [1.29, 1.82) is 0 Å². The molecule has 126 valence electrons. The average molecular weight is 346 g/mol. The highest BCUT2D eigenvalue weighted by molar-refractivity contribution is 7.89. The maximum atomic E-state index is 12.9. The van der Waals surface area contributed by atoms with Crippen LogP contribution < -0.4 is 5.32 Å². The molecule has 4 nitrogen and oxygen atoms in total. The number of rotatable bonds is 2. The minimum Gasteiger partial charge on any atom is -0.316 e. The Morgan fingerprint density at radius 2 is 1.70 bits per heavy atom. The van der Waals surface area contributed by atoms with Gasteiger partial charge in [-0.15, -0.1) is 0 Å². The van der Waals surface area contributed by atoms with E-state index < -0.39 is 21.8 Å². The number of hydrogen-bond donors (Lipinski definition) is 1. The first kappa shape index (κ1) is 15.4. The Labute approximate surface area is 132 Å². The van der Waals surface area contributed by atoms with Crippen LogP contribution in [0.4, 0.5) is 13.2 Å². The Balaban J connectivity index is 1.72. The fourth-order valence-corrected chi connectivity index (χ4v) is 6.53. The summed E-state index contributed by atoms with van der Waals surface area (Å²) < 4.78 is 66.0. The van der Waals surface area contributed by atoms with E-state index in [1.807, 2.05) is 0 Å². The van der Waals surface area contributed by atoms with Crippen LogP contribution in [0.1, 0.15) is 18.4 Å². The molecule has 8 heteroatoms. The van der Waals surface area contributed by atoms with Gasteiger partial charge in [0, 0.05) is 12.1 Å². The fourth-order valence-electron chi connectivity index (χ4n) is 4.52. The van der Waals surface area contributed by atoms with Gasteiger partial charge in [0.2, 0.25) is 10.0 Å². The Bertz CT molecular complexity index is 716. The molecule has 1 aromatic carbocycles. The Hall–Kier alpha value is -1.12. The number of nitrogens with one attached hydrogen (secondary N) is 1. The molecular weight excluding hydrogens is 329 g/mol. The van der Waals surface area contributed by atoms with Gasteiger partial charge in [-0.25, -0.2) is 8.42 Å². The first-order valence-corrected chi connectivity index (χ1v) is 9.15. The molecule has 0 spiro atoms. The summed E-state index contributed by atoms with van der Waals surface area (Å²) >= 11 is 0. The number of sulfonamides is 1. The zero-order valence-corrected chi connectivity index (χ0v) is 13.1. The summed E-state index contributed by atoms with van der Waals surface area (Å²) in [4.78, 5) is -0.253. The maximum absolute atomic E-state index is 12.9. The van der Waals surface area contributed by atoms with Gasteiger partial charge in [0.05, 0.1) is 10.5 Å². The highest BCUT2D eigenvalue weighted by atomic mass is 32.2. The second kappa shape index (κ2) is 4.94. The predicted molar refractivity (Wildman–Crippen MR) is 77.1 cm³/mol. The van der Waals surface area contributed by atoms with Crippen molar-refractivity contribution in [3.8, 4) is 0 Å². The van der Waals surface area contributed by atoms with Gasteiger partial charge < -0.3 is 5.32 Å². The molecule has 3 aliphatic rings. The van der Waals surface area contributed by atoms with Crippen LogP contribution in [0.3, 0.4) is 0 Å². The van der Waals surface area contributed by atoms with Crippen LogP contribution in [0, 0.1) is 11.8 Å². The molecule has 23 heavy (non-hydrogen) atoms. The molecule has 1 N–H and O–H groups in total. The van der Waals surface area contributed by atoms with Gasteiger partial charge in [-0.1, -0.05) is 6.07 Å². The number of hydrogen-bond acceptors (Lipinski definition) is 3. The monoisotopic (exact) mass is 346 g/mol. The van der Waals surface area contributed by atoms with Crippen molar-refractivity contribution in [1.82, 2.24) is 9.62 Å². The second-order valence-corrected chi connectivity index (χ2v) is 8.40. The van der Waals surface area contributed by atoms with E-state index in [-0.39, 0.29) is 28.8 Å². The van der Waals surface area contributed by atoms with Crippen LogP contribution in [-0.4, -0.2) is 37.9 Å². The molecule has 0 aliphatic carbocycles. The van der Waals surface area contributed by atoms with Crippen LogP contribution in [0.5, 0.6) is 0 Å². The normalized spacial score (nSPS) is 34.0. The minimum atomic E-state index is -4.55. The van der Waals surface area contributed by atoms with E-state index >= 15 is 0 Å². The SMILES string of the molecule is O=S(=O)(c1cccc(C(F)(F)F)c1)N1[C@@H]2CC[C@H]1[C@H]1CNC[C@H]12. The molecule has 0 saturated carbocycles. The van der Waals surface area contributed by atoms with Gasteiger partial charge in [0.15, 0.2) is 0 Å². The molecule has 2 bridgehead atoms. The first-order valence-electron chi connectivity index (χ1n) is 7.71. The molecule has 0 unspecified atom stereocenters. The zero-order chi connectivity index (χ0) is 16.4. The van der Waals surface area contributed by atoms with Crippen molar-refractivity contribution < 1.29 is 21.6 Å². The van der Waals surface area contributed by atoms with Crippen LogP contribution in [0.15, 0.2) is 29.2 Å². The summed E-state index contributed by atoms with van der Waals surface area (Å²) in [5.74, 6) is 0.573. The summed E-state index contributed by atoms with van der Waals surface area (Å²) in [6.45, 7) is 1.58. The van der Waals surface area contributed by atoms with Crippen molar-refractivity contribution in [3.05, 3.63) is 29.8 Å². The molecule has 0 amide bonds. The van der Waals surface area contributed by atoms with Crippen LogP contribution in [0.2, 0.25) is 0 Å². The van der Waals surface area contributed by atoms with Gasteiger partial charge in [0.25, 0.3) is 0 Å². The van der Waals surface area contributed by atoms with Gasteiger partial charge in [0.1, 0.15) is 0 Å². The quantitative estimate of drug-likeness (QED) is 0.892. The third-order valence-corrected chi connectivity index (χ3v) is 7.39. The van der Waals surface area contributed by atoms with E-state index in [1.54, 1.807) is 0 Å². The van der Waals surface area contributed by atoms with Gasteiger partial charge in [-0.3, -0.25) is 0 Å². The maximum Gasteiger partial charge on any atom is 0.416 e. The number of benzene rings is 1. The summed E-state index contributed by atoms with van der Waals surface area (Å²) in [7, 11) is -3.89. The lowest BCUT2D eigenvalue weighted by Crippen LogP contribution is -2.39. The van der Waals surface area contributed by atoms with E-state index in [0.29, 0.717) is 0 Å². The zero-order valence-electron chi connectivity index (χ0n) is 12.3. The van der Waals surface area contributed by atoms with Crippen molar-refractivity contribution in [2.24, 2.45) is 11.8 Å². The number of fused-ring (bicyclic) bond motifs is 5. The molecule has 0 radical (unpaired) electrons. The van der Waals surface area contributed by atoms with Crippen molar-refractivity contribution >= 4 is 10.0 Å². The Morgan fingerprint density at radius 3 is 2.26 bits per heavy atom. The van der Waals surface area contributed by atoms with Gasteiger partial charge in [-0.05, 0) is 56.0 Å². The first-order chi connectivity index (χ1) is 10.8. The molecule has 0 aromatic heterocycles. The van der Waals surface area contributed by atoms with Crippen molar-refractivity contribution in [2.45, 2.75) is 36.0 Å². The van der Waals surface area contributed by atoms with Gasteiger partial charge in [-0.2, -0.15) is 17.5 Å². The molecule has 4 atom stereocenters. The van der Waals surface area contributed by atoms with Gasteiger partial charge >= 0.3 is 6.18 Å². The summed E-state index contributed by atoms with van der Waals surface area (Å²) in [5, 5.41) is 3.30. The predicted octanol–water partition coefficient (Wildman–Crippen LogP) is 2.08. The molecule has 1 aromatic rings. The summed E-state index contributed by atoms with van der Waals surface area (Å²) in [6, 6.07) is 3.91. The van der Waals surface area contributed by atoms with E-state index in [9.17, 15) is 21.6 Å². The number of alkyl halides is 3. The summed E-state index contributed by atoms with van der Waals surface area (Å²) in [5.41, 5.74) is -0.924. The molecule has 3 aliphatic heterocycles. The number of nitrogens with zero attached hydrogens (tertiary/aromatic N) is 1. The lowest BCUT2D eigenvalue weighted by atomic mass is 9.82. The van der Waals surface area contributed by atoms with E-state index in [0.717, 1.165) is 44.1 Å². The topological polar surface area (TPSA) is 49.4 Å². The van der Waals surface area contributed by atoms with Crippen LogP contribution in [-0.2, 0) is 16.2 Å². The molecule has 3 fully saturated rings. The lowest BCUT2D eigenvalue weighted by Gasteiger charge is -2.24. The second-order valence-electron chi connectivity index (χ2n) is 6.56. The highest BCUT2D eigenvalue weighted by Crippen LogP contribution is 2.49. The van der Waals surface area contributed by atoms with E-state index in [4.69, 9.17) is 0 Å². The number of halogens is 3. The van der Waals surface area contributed by atoms with Crippen molar-refractivity contribution in [2.75, 3.05) is 13.1 Å². The average Bonchev–Trinajstić information content (AvgIpc) is 3.18. The minimum absolute atomic E-state index is 0.0838. The molecule has 4 rings (SSSR count).